The van der Waals surface area contributed by atoms with Crippen molar-refractivity contribution in [2.75, 3.05) is 6.54 Å². The number of aromatic nitrogens is 1. The van der Waals surface area contributed by atoms with Crippen molar-refractivity contribution in [1.82, 2.24) is 4.98 Å². The first-order valence-electron chi connectivity index (χ1n) is 5.87. The Labute approximate surface area is 96.9 Å². The van der Waals surface area contributed by atoms with Crippen molar-refractivity contribution in [1.29, 1.82) is 0 Å². The van der Waals surface area contributed by atoms with Crippen LogP contribution in [0.2, 0.25) is 0 Å². The summed E-state index contributed by atoms with van der Waals surface area (Å²) in [5, 5.41) is 1.34. The predicted molar refractivity (Wildman–Crippen MR) is 69.5 cm³/mol. The summed E-state index contributed by atoms with van der Waals surface area (Å²) < 4.78 is 0. The van der Waals surface area contributed by atoms with Crippen LogP contribution in [0.4, 0.5) is 0 Å². The average molecular weight is 216 g/mol. The minimum Gasteiger partial charge on any atom is -0.361 e. The van der Waals surface area contributed by atoms with E-state index in [1.54, 1.807) is 0 Å². The molecule has 2 heteroatoms. The lowest BCUT2D eigenvalue weighted by molar-refractivity contribution is 0.340. The maximum Gasteiger partial charge on any atom is 0.0456 e. The standard InChI is InChI=1S/C14H20N2/c1-14(2,7-8-15)9-11-10-16-13-6-4-3-5-12(11)13/h3-6,10,16H,7-9,15H2,1-2H3. The number of aromatic amines is 1. The van der Waals surface area contributed by atoms with Gasteiger partial charge in [-0.2, -0.15) is 0 Å². The highest BCUT2D eigenvalue weighted by atomic mass is 14.7. The summed E-state index contributed by atoms with van der Waals surface area (Å²) in [6.45, 7) is 5.32. The van der Waals surface area contributed by atoms with E-state index in [9.17, 15) is 0 Å². The van der Waals surface area contributed by atoms with Gasteiger partial charge in [-0.25, -0.2) is 0 Å². The molecule has 0 aliphatic rings. The molecule has 0 unspecified atom stereocenters. The van der Waals surface area contributed by atoms with E-state index >= 15 is 0 Å². The molecule has 0 amide bonds. The number of hydrogen-bond donors (Lipinski definition) is 2. The molecule has 16 heavy (non-hydrogen) atoms. The molecule has 0 radical (unpaired) electrons. The van der Waals surface area contributed by atoms with Crippen LogP contribution in [-0.4, -0.2) is 11.5 Å². The third-order valence-corrected chi connectivity index (χ3v) is 3.17. The third kappa shape index (κ3) is 2.27. The molecule has 0 atom stereocenters. The molecule has 0 saturated carbocycles. The van der Waals surface area contributed by atoms with Crippen molar-refractivity contribution in [3.8, 4) is 0 Å². The Morgan fingerprint density at radius 1 is 1.25 bits per heavy atom. The largest absolute Gasteiger partial charge is 0.361 e. The molecule has 0 bridgehead atoms. The molecule has 2 nitrogen and oxygen atoms in total. The van der Waals surface area contributed by atoms with Gasteiger partial charge in [-0.05, 0) is 36.4 Å². The van der Waals surface area contributed by atoms with Crippen molar-refractivity contribution >= 4 is 10.9 Å². The molecule has 1 aromatic heterocycles. The van der Waals surface area contributed by atoms with E-state index in [-0.39, 0.29) is 5.41 Å². The number of nitrogens with one attached hydrogen (secondary N) is 1. The van der Waals surface area contributed by atoms with E-state index in [0.717, 1.165) is 19.4 Å². The quantitative estimate of drug-likeness (QED) is 0.810. The van der Waals surface area contributed by atoms with Gasteiger partial charge in [-0.15, -0.1) is 0 Å². The van der Waals surface area contributed by atoms with E-state index in [1.165, 1.54) is 16.5 Å². The average Bonchev–Trinajstić information content (AvgIpc) is 2.61. The molecule has 2 aromatic rings. The van der Waals surface area contributed by atoms with Gasteiger partial charge < -0.3 is 10.7 Å². The lowest BCUT2D eigenvalue weighted by Crippen LogP contribution is -2.19. The van der Waals surface area contributed by atoms with Crippen LogP contribution in [0.25, 0.3) is 10.9 Å². The molecule has 1 aromatic carbocycles. The smallest absolute Gasteiger partial charge is 0.0456 e. The molecule has 0 aliphatic heterocycles. The van der Waals surface area contributed by atoms with Crippen molar-refractivity contribution in [2.24, 2.45) is 11.1 Å². The van der Waals surface area contributed by atoms with Gasteiger partial charge in [0.1, 0.15) is 0 Å². The molecule has 0 saturated heterocycles. The fourth-order valence-corrected chi connectivity index (χ4v) is 2.27. The van der Waals surface area contributed by atoms with Crippen LogP contribution >= 0.6 is 0 Å². The Morgan fingerprint density at radius 3 is 2.75 bits per heavy atom. The molecule has 3 N–H and O–H groups in total. The summed E-state index contributed by atoms with van der Waals surface area (Å²) in [7, 11) is 0. The highest BCUT2D eigenvalue weighted by Gasteiger charge is 2.19. The lowest BCUT2D eigenvalue weighted by Gasteiger charge is -2.23. The minimum absolute atomic E-state index is 0.277. The first kappa shape index (κ1) is 11.2. The predicted octanol–water partition coefficient (Wildman–Crippen LogP) is 3.09. The van der Waals surface area contributed by atoms with E-state index in [4.69, 9.17) is 5.73 Å². The Balaban J connectivity index is 2.27. The summed E-state index contributed by atoms with van der Waals surface area (Å²) in [6.07, 6.45) is 4.27. The summed E-state index contributed by atoms with van der Waals surface area (Å²) in [5.41, 5.74) is 8.55. The molecule has 2 rings (SSSR count). The second-order valence-electron chi connectivity index (χ2n) is 5.24. The van der Waals surface area contributed by atoms with Gasteiger partial charge >= 0.3 is 0 Å². The van der Waals surface area contributed by atoms with E-state index in [2.05, 4.69) is 49.3 Å². The number of hydrogen-bond acceptors (Lipinski definition) is 1. The molecule has 0 fully saturated rings. The summed E-state index contributed by atoms with van der Waals surface area (Å²) in [5.74, 6) is 0. The monoisotopic (exact) mass is 216 g/mol. The Kier molecular flexibility index (Phi) is 3.01. The minimum atomic E-state index is 0.277. The fourth-order valence-electron chi connectivity index (χ4n) is 2.27. The van der Waals surface area contributed by atoms with Gasteiger partial charge in [0.15, 0.2) is 0 Å². The van der Waals surface area contributed by atoms with Gasteiger partial charge in [-0.3, -0.25) is 0 Å². The molecular weight excluding hydrogens is 196 g/mol. The number of para-hydroxylation sites is 1. The van der Waals surface area contributed by atoms with Crippen LogP contribution in [0.5, 0.6) is 0 Å². The zero-order chi connectivity index (χ0) is 11.6. The third-order valence-electron chi connectivity index (χ3n) is 3.17. The number of rotatable bonds is 4. The first-order chi connectivity index (χ1) is 7.62. The van der Waals surface area contributed by atoms with Crippen LogP contribution in [0.15, 0.2) is 30.5 Å². The lowest BCUT2D eigenvalue weighted by atomic mass is 9.83. The van der Waals surface area contributed by atoms with Gasteiger partial charge in [0.2, 0.25) is 0 Å². The number of fused-ring (bicyclic) bond motifs is 1. The van der Waals surface area contributed by atoms with E-state index in [0.29, 0.717) is 0 Å². The first-order valence-corrected chi connectivity index (χ1v) is 5.87. The van der Waals surface area contributed by atoms with Gasteiger partial charge in [0, 0.05) is 17.1 Å². The van der Waals surface area contributed by atoms with E-state index in [1.807, 2.05) is 0 Å². The van der Waals surface area contributed by atoms with Crippen molar-refractivity contribution < 1.29 is 0 Å². The summed E-state index contributed by atoms with van der Waals surface area (Å²) >= 11 is 0. The molecule has 1 heterocycles. The summed E-state index contributed by atoms with van der Waals surface area (Å²) in [4.78, 5) is 3.32. The zero-order valence-corrected chi connectivity index (χ0v) is 10.1. The van der Waals surface area contributed by atoms with Crippen LogP contribution < -0.4 is 5.73 Å². The molecule has 0 aliphatic carbocycles. The highest BCUT2D eigenvalue weighted by molar-refractivity contribution is 5.83. The summed E-state index contributed by atoms with van der Waals surface area (Å²) in [6, 6.07) is 8.46. The molecule has 86 valence electrons. The van der Waals surface area contributed by atoms with Crippen LogP contribution in [0.1, 0.15) is 25.8 Å². The Bertz CT molecular complexity index is 468. The SMILES string of the molecule is CC(C)(CCN)Cc1c[nH]c2ccccc12. The normalized spacial score (nSPS) is 12.2. The Morgan fingerprint density at radius 2 is 2.00 bits per heavy atom. The van der Waals surface area contributed by atoms with Crippen molar-refractivity contribution in [3.63, 3.8) is 0 Å². The number of H-pyrrole nitrogens is 1. The highest BCUT2D eigenvalue weighted by Crippen LogP contribution is 2.29. The second-order valence-corrected chi connectivity index (χ2v) is 5.24. The van der Waals surface area contributed by atoms with Crippen LogP contribution in [0, 0.1) is 5.41 Å². The van der Waals surface area contributed by atoms with Crippen LogP contribution in [0.3, 0.4) is 0 Å². The van der Waals surface area contributed by atoms with Crippen molar-refractivity contribution in [2.45, 2.75) is 26.7 Å². The maximum absolute atomic E-state index is 5.65. The zero-order valence-electron chi connectivity index (χ0n) is 10.1. The fraction of sp³-hybridized carbons (Fsp3) is 0.429. The van der Waals surface area contributed by atoms with Gasteiger partial charge in [0.05, 0.1) is 0 Å². The Hall–Kier alpha value is -1.28. The van der Waals surface area contributed by atoms with Gasteiger partial charge in [-0.1, -0.05) is 32.0 Å². The molecular formula is C14H20N2. The topological polar surface area (TPSA) is 41.8 Å². The van der Waals surface area contributed by atoms with Crippen molar-refractivity contribution in [3.05, 3.63) is 36.0 Å². The maximum atomic E-state index is 5.65. The number of benzene rings is 1. The second kappa shape index (κ2) is 4.30. The molecule has 0 spiro atoms. The van der Waals surface area contributed by atoms with E-state index < -0.39 is 0 Å². The van der Waals surface area contributed by atoms with Gasteiger partial charge in [0.25, 0.3) is 0 Å². The van der Waals surface area contributed by atoms with Crippen LogP contribution in [-0.2, 0) is 6.42 Å². The number of nitrogens with two attached hydrogens (primary N) is 1.